The minimum absolute atomic E-state index is 0.0774. The van der Waals surface area contributed by atoms with Crippen LogP contribution in [-0.4, -0.2) is 31.1 Å². The number of carboxylic acids is 1. The highest BCUT2D eigenvalue weighted by Gasteiger charge is 2.22. The van der Waals surface area contributed by atoms with Gasteiger partial charge >= 0.3 is 5.97 Å². The Morgan fingerprint density at radius 1 is 1.03 bits per heavy atom. The van der Waals surface area contributed by atoms with Gasteiger partial charge in [0.1, 0.15) is 0 Å². The van der Waals surface area contributed by atoms with E-state index in [-0.39, 0.29) is 17.0 Å². The molecule has 0 saturated carbocycles. The molecule has 0 radical (unpaired) electrons. The third-order valence-electron chi connectivity index (χ3n) is 5.02. The van der Waals surface area contributed by atoms with Crippen molar-refractivity contribution in [3.05, 3.63) is 69.8 Å². The van der Waals surface area contributed by atoms with Crippen LogP contribution in [0.2, 0.25) is 0 Å². The van der Waals surface area contributed by atoms with Gasteiger partial charge in [-0.1, -0.05) is 37.1 Å². The van der Waals surface area contributed by atoms with Gasteiger partial charge < -0.3 is 5.11 Å². The van der Waals surface area contributed by atoms with Gasteiger partial charge in [-0.15, -0.1) is 0 Å². The highest BCUT2D eigenvalue weighted by atomic mass is 32.2. The smallest absolute Gasteiger partial charge is 0.303 e. The van der Waals surface area contributed by atoms with E-state index in [1.54, 1.807) is 12.1 Å². The Bertz CT molecular complexity index is 994. The molecule has 0 aromatic heterocycles. The Balaban J connectivity index is 2.16. The fraction of sp³-hybridized carbons (Fsp3) is 0.409. The highest BCUT2D eigenvalue weighted by Crippen LogP contribution is 2.25. The van der Waals surface area contributed by atoms with Crippen molar-refractivity contribution < 1.29 is 27.6 Å². The van der Waals surface area contributed by atoms with Gasteiger partial charge in [0.15, 0.2) is 0 Å². The largest absolute Gasteiger partial charge is 0.481 e. The van der Waals surface area contributed by atoms with Crippen molar-refractivity contribution in [1.29, 1.82) is 0 Å². The summed E-state index contributed by atoms with van der Waals surface area (Å²) in [6, 6.07) is 11.4. The second-order valence-electron chi connectivity index (χ2n) is 7.45. The Hall–Kier alpha value is -2.85. The number of halogens is 1. The molecule has 0 aliphatic carbocycles. The van der Waals surface area contributed by atoms with Crippen molar-refractivity contribution in [3.63, 3.8) is 0 Å². The zero-order chi connectivity index (χ0) is 23.6. The van der Waals surface area contributed by atoms with Crippen LogP contribution in [0.5, 0.6) is 0 Å². The van der Waals surface area contributed by atoms with Crippen LogP contribution in [0.15, 0.2) is 53.4 Å². The summed E-state index contributed by atoms with van der Waals surface area (Å²) in [4.78, 5) is 20.8. The summed E-state index contributed by atoms with van der Waals surface area (Å²) in [6.07, 6.45) is 3.30. The van der Waals surface area contributed by atoms with Gasteiger partial charge in [-0.05, 0) is 48.9 Å². The Morgan fingerprint density at radius 2 is 1.69 bits per heavy atom. The van der Waals surface area contributed by atoms with E-state index < -0.39 is 33.6 Å². The molecule has 0 saturated heterocycles. The molecule has 0 aliphatic heterocycles. The van der Waals surface area contributed by atoms with Crippen LogP contribution in [0.3, 0.4) is 0 Å². The van der Waals surface area contributed by atoms with Crippen molar-refractivity contribution >= 4 is 21.7 Å². The quantitative estimate of drug-likeness (QED) is 0.239. The molecule has 2 aromatic carbocycles. The van der Waals surface area contributed by atoms with Crippen LogP contribution in [0.4, 0.5) is 10.1 Å². The van der Waals surface area contributed by atoms with Gasteiger partial charge in [-0.25, -0.2) is 13.1 Å². The minimum atomic E-state index is -3.94. The van der Waals surface area contributed by atoms with Crippen molar-refractivity contribution in [2.75, 3.05) is 6.67 Å². The van der Waals surface area contributed by atoms with E-state index in [0.29, 0.717) is 38.5 Å². The summed E-state index contributed by atoms with van der Waals surface area (Å²) in [7, 11) is -3.94. The van der Waals surface area contributed by atoms with Crippen molar-refractivity contribution in [2.24, 2.45) is 0 Å². The van der Waals surface area contributed by atoms with Crippen molar-refractivity contribution in [2.45, 2.75) is 55.9 Å². The van der Waals surface area contributed by atoms with E-state index in [4.69, 9.17) is 5.11 Å². The molecular weight excluding hydrogens is 439 g/mol. The zero-order valence-corrected chi connectivity index (χ0v) is 18.4. The number of benzene rings is 2. The van der Waals surface area contributed by atoms with Crippen molar-refractivity contribution in [1.82, 2.24) is 4.72 Å². The number of rotatable bonds is 14. The van der Waals surface area contributed by atoms with E-state index in [1.165, 1.54) is 12.1 Å². The number of hydrogen-bond donors (Lipinski definition) is 2. The summed E-state index contributed by atoms with van der Waals surface area (Å²) in [5, 5.41) is 19.6. The number of carbonyl (C=O) groups is 1. The molecule has 1 atom stereocenters. The maximum atomic E-state index is 12.9. The number of alkyl halides is 1. The first-order valence-corrected chi connectivity index (χ1v) is 11.8. The normalized spacial score (nSPS) is 12.4. The van der Waals surface area contributed by atoms with Crippen LogP contribution in [0.1, 0.15) is 55.7 Å². The summed E-state index contributed by atoms with van der Waals surface area (Å²) in [5.41, 5.74) is 1.48. The van der Waals surface area contributed by atoms with Gasteiger partial charge in [0.05, 0.1) is 16.5 Å². The van der Waals surface area contributed by atoms with Crippen LogP contribution in [-0.2, 0) is 21.2 Å². The molecule has 174 valence electrons. The summed E-state index contributed by atoms with van der Waals surface area (Å²) in [6.45, 7) is -0.426. The highest BCUT2D eigenvalue weighted by molar-refractivity contribution is 7.89. The lowest BCUT2D eigenvalue weighted by atomic mass is 9.99. The summed E-state index contributed by atoms with van der Waals surface area (Å²) >= 11 is 0. The third-order valence-corrected chi connectivity index (χ3v) is 6.51. The maximum absolute atomic E-state index is 12.9. The molecule has 0 spiro atoms. The molecule has 0 bridgehead atoms. The first-order valence-electron chi connectivity index (χ1n) is 10.4. The van der Waals surface area contributed by atoms with Gasteiger partial charge in [0.25, 0.3) is 5.69 Å². The fourth-order valence-corrected chi connectivity index (χ4v) is 4.54. The number of hydrogen-bond acceptors (Lipinski definition) is 5. The van der Waals surface area contributed by atoms with Crippen LogP contribution in [0.25, 0.3) is 0 Å². The van der Waals surface area contributed by atoms with Crippen molar-refractivity contribution in [3.8, 4) is 0 Å². The second-order valence-corrected chi connectivity index (χ2v) is 9.17. The molecule has 1 unspecified atom stereocenters. The van der Waals surface area contributed by atoms with E-state index in [2.05, 4.69) is 4.72 Å². The van der Waals surface area contributed by atoms with Gasteiger partial charge in [0.2, 0.25) is 10.0 Å². The Morgan fingerprint density at radius 3 is 2.25 bits per heavy atom. The van der Waals surface area contributed by atoms with E-state index >= 15 is 0 Å². The second kappa shape index (κ2) is 12.3. The lowest BCUT2D eigenvalue weighted by molar-refractivity contribution is -0.384. The number of aliphatic carboxylic acids is 1. The number of nitro groups is 1. The van der Waals surface area contributed by atoms with E-state index in [9.17, 15) is 27.7 Å². The Labute approximate surface area is 186 Å². The summed E-state index contributed by atoms with van der Waals surface area (Å²) < 4.78 is 40.8. The van der Waals surface area contributed by atoms with E-state index in [0.717, 1.165) is 23.3 Å². The maximum Gasteiger partial charge on any atom is 0.303 e. The van der Waals surface area contributed by atoms with E-state index in [1.807, 2.05) is 12.1 Å². The molecule has 32 heavy (non-hydrogen) atoms. The molecule has 0 aliphatic rings. The number of nitrogens with one attached hydrogen (secondary N) is 1. The average Bonchev–Trinajstić information content (AvgIpc) is 2.76. The number of nitrogens with zero attached hydrogens (tertiary/aromatic N) is 1. The standard InChI is InChI=1S/C22H27FN2O6S/c23-16-3-1-2-6-21(18-10-8-17(9-11-18)5-4-7-22(26)27)24-32(30,31)20-14-12-19(13-15-20)25(28)29/h8-15,21,24H,1-7,16H2,(H,26,27). The molecule has 10 heteroatoms. The average molecular weight is 467 g/mol. The first-order chi connectivity index (χ1) is 15.2. The third kappa shape index (κ3) is 8.01. The predicted octanol–water partition coefficient (Wildman–Crippen LogP) is 4.55. The lowest BCUT2D eigenvalue weighted by Crippen LogP contribution is -2.28. The van der Waals surface area contributed by atoms with Gasteiger partial charge in [0, 0.05) is 24.6 Å². The van der Waals surface area contributed by atoms with Gasteiger partial charge in [-0.3, -0.25) is 19.3 Å². The zero-order valence-electron chi connectivity index (χ0n) is 17.6. The molecule has 8 nitrogen and oxygen atoms in total. The number of nitro benzene ring substituents is 1. The molecule has 0 heterocycles. The molecule has 0 amide bonds. The van der Waals surface area contributed by atoms with Crippen LogP contribution >= 0.6 is 0 Å². The number of carboxylic acid groups (broad SMARTS) is 1. The molecular formula is C22H27FN2O6S. The van der Waals surface area contributed by atoms with Crippen LogP contribution < -0.4 is 4.72 Å². The lowest BCUT2D eigenvalue weighted by Gasteiger charge is -2.20. The number of sulfonamides is 1. The molecule has 2 rings (SSSR count). The summed E-state index contributed by atoms with van der Waals surface area (Å²) in [5.74, 6) is -0.851. The first kappa shape index (κ1) is 25.4. The molecule has 0 fully saturated rings. The predicted molar refractivity (Wildman–Crippen MR) is 118 cm³/mol. The SMILES string of the molecule is O=C(O)CCCc1ccc(C(CCCCCF)NS(=O)(=O)c2ccc([N+](=O)[O-])cc2)cc1. The fourth-order valence-electron chi connectivity index (χ4n) is 3.28. The number of non-ortho nitro benzene ring substituents is 1. The molecule has 2 N–H and O–H groups in total. The number of aryl methyl sites for hydroxylation is 1. The van der Waals surface area contributed by atoms with Crippen LogP contribution in [0, 0.1) is 10.1 Å². The molecule has 2 aromatic rings. The Kier molecular flexibility index (Phi) is 9.73. The minimum Gasteiger partial charge on any atom is -0.481 e. The topological polar surface area (TPSA) is 127 Å². The number of unbranched alkanes of at least 4 members (excludes halogenated alkanes) is 2. The van der Waals surface area contributed by atoms with Gasteiger partial charge in [-0.2, -0.15) is 0 Å². The monoisotopic (exact) mass is 466 g/mol.